The zero-order valence-corrected chi connectivity index (χ0v) is 10.3. The van der Waals surface area contributed by atoms with Crippen molar-refractivity contribution in [3.05, 3.63) is 42.2 Å². The minimum absolute atomic E-state index is 0.556. The van der Waals surface area contributed by atoms with E-state index >= 15 is 0 Å². The Labute approximate surface area is 101 Å². The highest BCUT2D eigenvalue weighted by molar-refractivity contribution is 5.75. The van der Waals surface area contributed by atoms with Crippen molar-refractivity contribution in [3.63, 3.8) is 0 Å². The van der Waals surface area contributed by atoms with E-state index in [-0.39, 0.29) is 0 Å². The van der Waals surface area contributed by atoms with Crippen LogP contribution in [0, 0.1) is 0 Å². The topological polar surface area (TPSA) is 17.3 Å². The number of rotatable bonds is 4. The summed E-state index contributed by atoms with van der Waals surface area (Å²) in [6, 6.07) is 4.06. The molecule has 0 saturated heterocycles. The highest BCUT2D eigenvalue weighted by atomic mass is 19.1. The second kappa shape index (κ2) is 4.70. The third-order valence-electron chi connectivity index (χ3n) is 2.87. The molecule has 0 saturated carbocycles. The summed E-state index contributed by atoms with van der Waals surface area (Å²) in [5, 5.41) is 4.29. The molecule has 0 aliphatic carbocycles. The van der Waals surface area contributed by atoms with Gasteiger partial charge in [0, 0.05) is 11.8 Å². The fraction of sp³-hybridized carbons (Fsp3) is 0.357. The number of hydrogen-bond donors (Lipinski definition) is 0. The average molecular weight is 232 g/mol. The lowest BCUT2D eigenvalue weighted by molar-refractivity contribution is 0.341. The molecule has 2 aromatic rings. The van der Waals surface area contributed by atoms with E-state index in [9.17, 15) is 4.39 Å². The van der Waals surface area contributed by atoms with Crippen LogP contribution in [0.3, 0.4) is 0 Å². The van der Waals surface area contributed by atoms with Crippen molar-refractivity contribution in [2.45, 2.75) is 32.9 Å². The first-order valence-electron chi connectivity index (χ1n) is 5.84. The van der Waals surface area contributed by atoms with Gasteiger partial charge >= 0.3 is 0 Å². The van der Waals surface area contributed by atoms with Crippen LogP contribution >= 0.6 is 0 Å². The maximum Gasteiger partial charge on any atom is 0.0976 e. The van der Waals surface area contributed by atoms with E-state index in [1.165, 1.54) is 0 Å². The fourth-order valence-corrected chi connectivity index (χ4v) is 1.87. The summed E-state index contributed by atoms with van der Waals surface area (Å²) in [5.74, 6) is 0. The molecule has 1 unspecified atom stereocenters. The predicted octanol–water partition coefficient (Wildman–Crippen LogP) is 3.66. The number of fused-ring (bicyclic) bond motifs is 1. The lowest BCUT2D eigenvalue weighted by atomic mass is 10.1. The molecule has 3 heteroatoms. The number of pyridine rings is 1. The summed E-state index contributed by atoms with van der Waals surface area (Å²) in [4.78, 5) is 0. The number of nitrogens with zero attached hydrogens (tertiary/aromatic N) is 2. The molecule has 1 atom stereocenters. The van der Waals surface area contributed by atoms with E-state index in [4.69, 9.17) is 0 Å². The Morgan fingerprint density at radius 3 is 2.94 bits per heavy atom. The molecule has 0 fully saturated rings. The third kappa shape index (κ3) is 2.54. The zero-order chi connectivity index (χ0) is 12.4. The summed E-state index contributed by atoms with van der Waals surface area (Å²) in [6.07, 6.45) is 4.33. The SMILES string of the molecule is C=C(C)c1cnn2cc(CCC(C)F)ccc12. The Bertz CT molecular complexity index is 540. The van der Waals surface area contributed by atoms with Crippen molar-refractivity contribution in [2.24, 2.45) is 0 Å². The molecule has 2 aromatic heterocycles. The molecule has 0 aromatic carbocycles. The van der Waals surface area contributed by atoms with Crippen molar-refractivity contribution >= 4 is 11.1 Å². The molecule has 17 heavy (non-hydrogen) atoms. The van der Waals surface area contributed by atoms with Gasteiger partial charge in [0.05, 0.1) is 17.9 Å². The Balaban J connectivity index is 2.29. The van der Waals surface area contributed by atoms with Gasteiger partial charge in [0.1, 0.15) is 0 Å². The van der Waals surface area contributed by atoms with E-state index in [0.717, 1.165) is 28.6 Å². The molecule has 0 amide bonds. The van der Waals surface area contributed by atoms with Crippen molar-refractivity contribution in [3.8, 4) is 0 Å². The van der Waals surface area contributed by atoms with Crippen LogP contribution < -0.4 is 0 Å². The van der Waals surface area contributed by atoms with Gasteiger partial charge in [-0.15, -0.1) is 0 Å². The molecule has 0 aliphatic rings. The van der Waals surface area contributed by atoms with Crippen LogP contribution in [0.15, 0.2) is 31.1 Å². The molecule has 0 spiro atoms. The number of hydrogen-bond acceptors (Lipinski definition) is 1. The van der Waals surface area contributed by atoms with E-state index in [1.807, 2.05) is 36.0 Å². The number of halogens is 1. The summed E-state index contributed by atoms with van der Waals surface area (Å²) < 4.78 is 14.6. The van der Waals surface area contributed by atoms with Gasteiger partial charge in [-0.1, -0.05) is 12.6 Å². The first-order chi connectivity index (χ1) is 8.08. The van der Waals surface area contributed by atoms with E-state index < -0.39 is 6.17 Å². The van der Waals surface area contributed by atoms with Crippen molar-refractivity contribution in [2.75, 3.05) is 0 Å². The van der Waals surface area contributed by atoms with Crippen LogP contribution in [0.4, 0.5) is 4.39 Å². The van der Waals surface area contributed by atoms with Gasteiger partial charge in [0.2, 0.25) is 0 Å². The Morgan fingerprint density at radius 2 is 2.29 bits per heavy atom. The van der Waals surface area contributed by atoms with Gasteiger partial charge in [0.25, 0.3) is 0 Å². The number of alkyl halides is 1. The van der Waals surface area contributed by atoms with Crippen LogP contribution in [0.2, 0.25) is 0 Å². The van der Waals surface area contributed by atoms with Crippen molar-refractivity contribution < 1.29 is 4.39 Å². The van der Waals surface area contributed by atoms with Gasteiger partial charge in [-0.2, -0.15) is 5.10 Å². The predicted molar refractivity (Wildman–Crippen MR) is 68.8 cm³/mol. The fourth-order valence-electron chi connectivity index (χ4n) is 1.87. The van der Waals surface area contributed by atoms with Crippen LogP contribution in [-0.2, 0) is 6.42 Å². The molecule has 2 heterocycles. The van der Waals surface area contributed by atoms with Crippen LogP contribution in [0.5, 0.6) is 0 Å². The minimum Gasteiger partial charge on any atom is -0.248 e. The second-order valence-electron chi connectivity index (χ2n) is 4.53. The van der Waals surface area contributed by atoms with Gasteiger partial charge in [-0.3, -0.25) is 0 Å². The summed E-state index contributed by atoms with van der Waals surface area (Å²) >= 11 is 0. The molecule has 2 rings (SSSR count). The first kappa shape index (κ1) is 11.8. The first-order valence-corrected chi connectivity index (χ1v) is 5.84. The van der Waals surface area contributed by atoms with Crippen LogP contribution in [0.25, 0.3) is 11.1 Å². The molecule has 0 bridgehead atoms. The Kier molecular flexibility index (Phi) is 3.27. The molecule has 0 radical (unpaired) electrons. The highest BCUT2D eigenvalue weighted by Crippen LogP contribution is 2.19. The molecular formula is C14H17FN2. The molecule has 0 N–H and O–H groups in total. The quantitative estimate of drug-likeness (QED) is 0.786. The van der Waals surface area contributed by atoms with Gasteiger partial charge < -0.3 is 0 Å². The summed E-state index contributed by atoms with van der Waals surface area (Å²) in [6.45, 7) is 7.48. The van der Waals surface area contributed by atoms with E-state index in [0.29, 0.717) is 6.42 Å². The lowest BCUT2D eigenvalue weighted by Gasteiger charge is -2.04. The minimum atomic E-state index is -0.755. The number of allylic oxidation sites excluding steroid dienone is 1. The van der Waals surface area contributed by atoms with Crippen molar-refractivity contribution in [1.82, 2.24) is 9.61 Å². The van der Waals surface area contributed by atoms with Gasteiger partial charge in [-0.25, -0.2) is 8.91 Å². The number of aryl methyl sites for hydroxylation is 1. The largest absolute Gasteiger partial charge is 0.248 e. The van der Waals surface area contributed by atoms with Gasteiger partial charge in [0.15, 0.2) is 0 Å². The lowest BCUT2D eigenvalue weighted by Crippen LogP contribution is -1.98. The second-order valence-corrected chi connectivity index (χ2v) is 4.53. The summed E-state index contributed by atoms with van der Waals surface area (Å²) in [7, 11) is 0. The monoisotopic (exact) mass is 232 g/mol. The smallest absolute Gasteiger partial charge is 0.0976 e. The van der Waals surface area contributed by atoms with Crippen LogP contribution in [0.1, 0.15) is 31.4 Å². The molecule has 0 aliphatic heterocycles. The Morgan fingerprint density at radius 1 is 1.53 bits per heavy atom. The van der Waals surface area contributed by atoms with E-state index in [1.54, 1.807) is 6.92 Å². The van der Waals surface area contributed by atoms with Crippen LogP contribution in [-0.4, -0.2) is 15.8 Å². The normalized spacial score (nSPS) is 12.9. The van der Waals surface area contributed by atoms with E-state index in [2.05, 4.69) is 11.7 Å². The number of aromatic nitrogens is 2. The zero-order valence-electron chi connectivity index (χ0n) is 10.3. The van der Waals surface area contributed by atoms with Crippen molar-refractivity contribution in [1.29, 1.82) is 0 Å². The summed E-state index contributed by atoms with van der Waals surface area (Å²) in [5.41, 5.74) is 4.23. The highest BCUT2D eigenvalue weighted by Gasteiger charge is 2.06. The molecular weight excluding hydrogens is 215 g/mol. The Hall–Kier alpha value is -1.64. The van der Waals surface area contributed by atoms with Gasteiger partial charge in [-0.05, 0) is 43.9 Å². The average Bonchev–Trinajstić information content (AvgIpc) is 2.69. The molecule has 2 nitrogen and oxygen atoms in total. The standard InChI is InChI=1S/C14H17FN2/c1-10(2)13-8-16-17-9-12(5-4-11(3)15)6-7-14(13)17/h6-9,11H,1,4-5H2,2-3H3. The maximum absolute atomic E-state index is 12.8. The molecule has 90 valence electrons. The third-order valence-corrected chi connectivity index (χ3v) is 2.87. The maximum atomic E-state index is 12.8.